The SMILES string of the molecule is COC(=O)c1cc(C(=O)OC)cc(N(C)COC=O)c1.Cc1ccccc1. The lowest BCUT2D eigenvalue weighted by Gasteiger charge is -2.19. The van der Waals surface area contributed by atoms with E-state index >= 15 is 0 Å². The van der Waals surface area contributed by atoms with Gasteiger partial charge in [-0.25, -0.2) is 9.59 Å². The normalized spacial score (nSPS) is 9.33. The molecule has 2 aromatic rings. The Morgan fingerprint density at radius 3 is 1.85 bits per heavy atom. The summed E-state index contributed by atoms with van der Waals surface area (Å²) in [6.07, 6.45) is 0. The fourth-order valence-electron chi connectivity index (χ4n) is 2.05. The van der Waals surface area contributed by atoms with Crippen molar-refractivity contribution in [1.82, 2.24) is 0 Å². The number of esters is 2. The first kappa shape index (κ1) is 21.7. The zero-order valence-corrected chi connectivity index (χ0v) is 15.8. The Bertz CT molecular complexity index is 726. The van der Waals surface area contributed by atoms with Gasteiger partial charge in [-0.1, -0.05) is 35.9 Å². The highest BCUT2D eigenvalue weighted by Crippen LogP contribution is 2.20. The quantitative estimate of drug-likeness (QED) is 0.333. The van der Waals surface area contributed by atoms with E-state index in [1.165, 1.54) is 38.0 Å². The zero-order chi connectivity index (χ0) is 20.2. The Morgan fingerprint density at radius 1 is 0.963 bits per heavy atom. The van der Waals surface area contributed by atoms with Gasteiger partial charge in [0, 0.05) is 12.7 Å². The van der Waals surface area contributed by atoms with Crippen LogP contribution in [-0.4, -0.2) is 46.4 Å². The lowest BCUT2D eigenvalue weighted by atomic mass is 10.1. The van der Waals surface area contributed by atoms with Crippen molar-refractivity contribution >= 4 is 24.1 Å². The smallest absolute Gasteiger partial charge is 0.337 e. The number of benzene rings is 2. The van der Waals surface area contributed by atoms with Gasteiger partial charge in [0.15, 0.2) is 6.73 Å². The molecule has 0 N–H and O–H groups in total. The average molecular weight is 373 g/mol. The van der Waals surface area contributed by atoms with Crippen LogP contribution in [0.25, 0.3) is 0 Å². The van der Waals surface area contributed by atoms with Crippen LogP contribution in [0, 0.1) is 6.92 Å². The molecular weight excluding hydrogens is 350 g/mol. The molecule has 0 saturated carbocycles. The van der Waals surface area contributed by atoms with Crippen LogP contribution in [-0.2, 0) is 19.0 Å². The van der Waals surface area contributed by atoms with Crippen LogP contribution in [0.1, 0.15) is 26.3 Å². The number of ether oxygens (including phenoxy) is 3. The molecule has 27 heavy (non-hydrogen) atoms. The molecule has 0 amide bonds. The number of hydrogen-bond donors (Lipinski definition) is 0. The van der Waals surface area contributed by atoms with Gasteiger partial charge < -0.3 is 19.1 Å². The van der Waals surface area contributed by atoms with E-state index in [-0.39, 0.29) is 17.9 Å². The molecule has 0 aliphatic carbocycles. The fraction of sp³-hybridized carbons (Fsp3) is 0.250. The third-order valence-electron chi connectivity index (χ3n) is 3.48. The number of methoxy groups -OCH3 is 2. The molecule has 0 aliphatic heterocycles. The highest BCUT2D eigenvalue weighted by molar-refractivity contribution is 5.97. The third-order valence-corrected chi connectivity index (χ3v) is 3.48. The standard InChI is InChI=1S/C13H15NO6.C7H8/c1-14(7-20-8-15)11-5-9(12(16)18-2)4-10(6-11)13(17)19-3;1-7-5-3-2-4-6-7/h4-6,8H,7H2,1-3H3;2-6H,1H3. The fourth-order valence-corrected chi connectivity index (χ4v) is 2.05. The van der Waals surface area contributed by atoms with Crippen molar-refractivity contribution in [3.63, 3.8) is 0 Å². The van der Waals surface area contributed by atoms with Crippen molar-refractivity contribution in [3.8, 4) is 0 Å². The van der Waals surface area contributed by atoms with E-state index in [2.05, 4.69) is 33.3 Å². The van der Waals surface area contributed by atoms with Crippen molar-refractivity contribution in [3.05, 3.63) is 65.2 Å². The number of carbonyl (C=O) groups excluding carboxylic acids is 3. The number of rotatable bonds is 6. The molecule has 2 aromatic carbocycles. The Morgan fingerprint density at radius 2 is 1.48 bits per heavy atom. The molecule has 0 saturated heterocycles. The van der Waals surface area contributed by atoms with Gasteiger partial charge in [-0.15, -0.1) is 0 Å². The molecule has 7 nitrogen and oxygen atoms in total. The van der Waals surface area contributed by atoms with E-state index < -0.39 is 11.9 Å². The molecule has 0 spiro atoms. The summed E-state index contributed by atoms with van der Waals surface area (Å²) in [7, 11) is 4.12. The molecular formula is C20H23NO6. The molecule has 0 aliphatic rings. The molecule has 0 heterocycles. The number of aryl methyl sites for hydroxylation is 1. The predicted molar refractivity (Wildman–Crippen MR) is 101 cm³/mol. The van der Waals surface area contributed by atoms with Crippen LogP contribution in [0.4, 0.5) is 5.69 Å². The maximum absolute atomic E-state index is 11.6. The number of nitrogens with zero attached hydrogens (tertiary/aromatic N) is 1. The molecule has 0 atom stereocenters. The van der Waals surface area contributed by atoms with E-state index in [0.29, 0.717) is 12.2 Å². The lowest BCUT2D eigenvalue weighted by Crippen LogP contribution is -2.21. The van der Waals surface area contributed by atoms with Crippen LogP contribution in [0.15, 0.2) is 48.5 Å². The first-order chi connectivity index (χ1) is 12.9. The lowest BCUT2D eigenvalue weighted by molar-refractivity contribution is -0.128. The maximum Gasteiger partial charge on any atom is 0.337 e. The van der Waals surface area contributed by atoms with Gasteiger partial charge in [-0.05, 0) is 25.1 Å². The highest BCUT2D eigenvalue weighted by atomic mass is 16.5. The van der Waals surface area contributed by atoms with E-state index in [1.807, 2.05) is 18.2 Å². The minimum Gasteiger partial charge on any atom is -0.465 e. The van der Waals surface area contributed by atoms with Crippen LogP contribution in [0.3, 0.4) is 0 Å². The van der Waals surface area contributed by atoms with Crippen molar-refractivity contribution in [1.29, 1.82) is 0 Å². The first-order valence-electron chi connectivity index (χ1n) is 8.02. The minimum absolute atomic E-state index is 0.0191. The van der Waals surface area contributed by atoms with Crippen LogP contribution < -0.4 is 4.90 Å². The Kier molecular flexibility index (Phi) is 9.08. The molecule has 0 radical (unpaired) electrons. The maximum atomic E-state index is 11.6. The Balaban J connectivity index is 0.000000433. The second-order valence-corrected chi connectivity index (χ2v) is 5.50. The van der Waals surface area contributed by atoms with Gasteiger partial charge in [0.05, 0.1) is 25.3 Å². The molecule has 0 fully saturated rings. The minimum atomic E-state index is -0.582. The van der Waals surface area contributed by atoms with Gasteiger partial charge in [0.1, 0.15) is 0 Å². The number of hydrogen-bond acceptors (Lipinski definition) is 7. The second kappa shape index (κ2) is 11.3. The van der Waals surface area contributed by atoms with E-state index in [4.69, 9.17) is 0 Å². The molecule has 0 unspecified atom stereocenters. The van der Waals surface area contributed by atoms with Gasteiger partial charge in [-0.3, -0.25) is 4.79 Å². The topological polar surface area (TPSA) is 82.1 Å². The molecule has 144 valence electrons. The largest absolute Gasteiger partial charge is 0.465 e. The van der Waals surface area contributed by atoms with Gasteiger partial charge >= 0.3 is 11.9 Å². The van der Waals surface area contributed by atoms with Crippen LogP contribution in [0.5, 0.6) is 0 Å². The monoisotopic (exact) mass is 373 g/mol. The Hall–Kier alpha value is -3.35. The summed E-state index contributed by atoms with van der Waals surface area (Å²) in [6, 6.07) is 14.7. The highest BCUT2D eigenvalue weighted by Gasteiger charge is 2.15. The summed E-state index contributed by atoms with van der Waals surface area (Å²) >= 11 is 0. The summed E-state index contributed by atoms with van der Waals surface area (Å²) in [5.74, 6) is -1.16. The van der Waals surface area contributed by atoms with Crippen molar-refractivity contribution < 1.29 is 28.6 Å². The van der Waals surface area contributed by atoms with Crippen molar-refractivity contribution in [2.24, 2.45) is 0 Å². The van der Waals surface area contributed by atoms with E-state index in [1.54, 1.807) is 11.9 Å². The molecule has 0 bridgehead atoms. The number of carbonyl (C=O) groups is 3. The van der Waals surface area contributed by atoms with E-state index in [0.717, 1.165) is 0 Å². The average Bonchev–Trinajstić information content (AvgIpc) is 2.71. The third kappa shape index (κ3) is 7.19. The van der Waals surface area contributed by atoms with Crippen LogP contribution >= 0.6 is 0 Å². The summed E-state index contributed by atoms with van der Waals surface area (Å²) in [4.78, 5) is 34.9. The van der Waals surface area contributed by atoms with Crippen LogP contribution in [0.2, 0.25) is 0 Å². The molecule has 7 heteroatoms. The predicted octanol–water partition coefficient (Wildman–Crippen LogP) is 2.82. The summed E-state index contributed by atoms with van der Waals surface area (Å²) in [6.45, 7) is 2.37. The van der Waals surface area contributed by atoms with Gasteiger partial charge in [-0.2, -0.15) is 0 Å². The molecule has 2 rings (SSSR count). The zero-order valence-electron chi connectivity index (χ0n) is 15.8. The first-order valence-corrected chi connectivity index (χ1v) is 8.02. The van der Waals surface area contributed by atoms with E-state index in [9.17, 15) is 14.4 Å². The molecule has 0 aromatic heterocycles. The van der Waals surface area contributed by atoms with Crippen molar-refractivity contribution in [2.75, 3.05) is 32.9 Å². The van der Waals surface area contributed by atoms with Gasteiger partial charge in [0.25, 0.3) is 6.47 Å². The van der Waals surface area contributed by atoms with Gasteiger partial charge in [0.2, 0.25) is 0 Å². The Labute approximate surface area is 158 Å². The summed E-state index contributed by atoms with van der Waals surface area (Å²) in [5, 5.41) is 0. The number of anilines is 1. The summed E-state index contributed by atoms with van der Waals surface area (Å²) in [5.41, 5.74) is 2.23. The second-order valence-electron chi connectivity index (χ2n) is 5.50. The summed E-state index contributed by atoms with van der Waals surface area (Å²) < 4.78 is 13.9. The van der Waals surface area contributed by atoms with Crippen molar-refractivity contribution in [2.45, 2.75) is 6.92 Å².